The minimum absolute atomic E-state index is 0.595. The second-order valence-electron chi connectivity index (χ2n) is 2.18. The molecule has 1 fully saturated rings. The van der Waals surface area contributed by atoms with Gasteiger partial charge in [0.1, 0.15) is 0 Å². The molecule has 0 aromatic rings. The zero-order valence-electron chi connectivity index (χ0n) is 6.23. The Balaban J connectivity index is 0.000000291. The summed E-state index contributed by atoms with van der Waals surface area (Å²) in [7, 11) is -0.595. The van der Waals surface area contributed by atoms with E-state index in [9.17, 15) is 0 Å². The molecule has 0 amide bonds. The Bertz CT molecular complexity index is 59.9. The monoisotopic (exact) mass is 144 g/mol. The summed E-state index contributed by atoms with van der Waals surface area (Å²) in [4.78, 5) is 0. The highest BCUT2D eigenvalue weighted by molar-refractivity contribution is 6.50. The van der Waals surface area contributed by atoms with E-state index in [2.05, 4.69) is 19.7 Å². The lowest BCUT2D eigenvalue weighted by Crippen LogP contribution is -2.18. The van der Waals surface area contributed by atoms with Crippen LogP contribution in [0.15, 0.2) is 13.2 Å². The lowest BCUT2D eigenvalue weighted by molar-refractivity contribution is 0.291. The van der Waals surface area contributed by atoms with Gasteiger partial charge >= 0.3 is 0 Å². The van der Waals surface area contributed by atoms with E-state index in [-0.39, 0.29) is 0 Å². The molecule has 1 saturated heterocycles. The van der Waals surface area contributed by atoms with Gasteiger partial charge < -0.3 is 4.43 Å². The van der Waals surface area contributed by atoms with Gasteiger partial charge in [0.05, 0.1) is 0 Å². The molecule has 0 radical (unpaired) electrons. The Kier molecular flexibility index (Phi) is 5.99. The molecule has 1 heterocycles. The van der Waals surface area contributed by atoms with Gasteiger partial charge in [-0.1, -0.05) is 6.42 Å². The van der Waals surface area contributed by atoms with E-state index in [1.165, 1.54) is 18.9 Å². The van der Waals surface area contributed by atoms with Crippen LogP contribution in [0.25, 0.3) is 0 Å². The van der Waals surface area contributed by atoms with Crippen molar-refractivity contribution >= 4 is 9.04 Å². The molecule has 0 spiro atoms. The average molecular weight is 144 g/mol. The Morgan fingerprint density at radius 1 is 1.33 bits per heavy atom. The molecule has 1 nitrogen and oxygen atoms in total. The summed E-state index contributed by atoms with van der Waals surface area (Å²) in [5, 5.41) is 0. The largest absolute Gasteiger partial charge is 0.420 e. The number of hydrogen-bond donors (Lipinski definition) is 0. The highest BCUT2D eigenvalue weighted by atomic mass is 28.3. The third-order valence-electron chi connectivity index (χ3n) is 1.41. The summed E-state index contributed by atoms with van der Waals surface area (Å²) in [6.45, 7) is 9.33. The van der Waals surface area contributed by atoms with Crippen LogP contribution in [0.3, 0.4) is 0 Å². The predicted molar refractivity (Wildman–Crippen MR) is 44.3 cm³/mol. The van der Waals surface area contributed by atoms with Gasteiger partial charge in [0.15, 0.2) is 9.04 Å². The van der Waals surface area contributed by atoms with Crippen molar-refractivity contribution in [2.75, 3.05) is 6.61 Å². The fraction of sp³-hybridized carbons (Fsp3) is 0.714. The summed E-state index contributed by atoms with van der Waals surface area (Å²) < 4.78 is 5.42. The zero-order valence-corrected chi connectivity index (χ0v) is 7.38. The van der Waals surface area contributed by atoms with Crippen molar-refractivity contribution in [3.63, 3.8) is 0 Å². The minimum atomic E-state index is -0.595. The minimum Gasteiger partial charge on any atom is -0.420 e. The smallest absolute Gasteiger partial charge is 0.173 e. The molecule has 0 aromatic carbocycles. The van der Waals surface area contributed by atoms with Crippen LogP contribution in [0.4, 0.5) is 0 Å². The van der Waals surface area contributed by atoms with Crippen LogP contribution in [-0.2, 0) is 4.43 Å². The highest BCUT2D eigenvalue weighted by Gasteiger charge is 2.08. The van der Waals surface area contributed by atoms with Crippen molar-refractivity contribution in [3.8, 4) is 0 Å². The molecule has 0 aromatic heterocycles. The third kappa shape index (κ3) is 4.42. The summed E-state index contributed by atoms with van der Waals surface area (Å²) in [6, 6.07) is 1.40. The van der Waals surface area contributed by atoms with Crippen LogP contribution in [-0.4, -0.2) is 15.6 Å². The second kappa shape index (κ2) is 6.04. The Labute approximate surface area is 59.5 Å². The van der Waals surface area contributed by atoms with Gasteiger partial charge in [-0.05, 0) is 19.0 Å². The first-order valence-corrected chi connectivity index (χ1v) is 5.95. The number of rotatable bonds is 0. The SMILES string of the molecule is C=C.C[SiH]1CCCCO1. The lowest BCUT2D eigenvalue weighted by atomic mass is 10.4. The van der Waals surface area contributed by atoms with Crippen LogP contribution >= 0.6 is 0 Å². The molecule has 1 atom stereocenters. The molecule has 0 aliphatic carbocycles. The average Bonchev–Trinajstić information content (AvgIpc) is 1.94. The van der Waals surface area contributed by atoms with Gasteiger partial charge in [0, 0.05) is 6.61 Å². The van der Waals surface area contributed by atoms with E-state index in [0.29, 0.717) is 0 Å². The topological polar surface area (TPSA) is 9.23 Å². The molecule has 1 unspecified atom stereocenters. The standard InChI is InChI=1S/C5H12OSi.C2H4/c1-7-5-3-2-4-6-7;1-2/h7H,2-5H2,1H3;1-2H2. The molecule has 1 aliphatic heterocycles. The van der Waals surface area contributed by atoms with Crippen molar-refractivity contribution in [1.29, 1.82) is 0 Å². The van der Waals surface area contributed by atoms with Crippen LogP contribution in [0, 0.1) is 0 Å². The molecule has 9 heavy (non-hydrogen) atoms. The molecular formula is C7H16OSi. The maximum Gasteiger partial charge on any atom is 0.173 e. The molecule has 0 saturated carbocycles. The Morgan fingerprint density at radius 2 is 2.00 bits per heavy atom. The van der Waals surface area contributed by atoms with E-state index in [1.54, 1.807) is 0 Å². The summed E-state index contributed by atoms with van der Waals surface area (Å²) in [5.74, 6) is 0. The zero-order chi connectivity index (χ0) is 7.11. The first-order chi connectivity index (χ1) is 4.39. The quantitative estimate of drug-likeness (QED) is 0.373. The van der Waals surface area contributed by atoms with Gasteiger partial charge in [-0.15, -0.1) is 13.2 Å². The number of hydrogen-bond acceptors (Lipinski definition) is 1. The fourth-order valence-corrected chi connectivity index (χ4v) is 2.50. The molecule has 54 valence electrons. The van der Waals surface area contributed by atoms with Gasteiger partial charge in [0.2, 0.25) is 0 Å². The van der Waals surface area contributed by atoms with Gasteiger partial charge in [-0.2, -0.15) is 0 Å². The van der Waals surface area contributed by atoms with Crippen molar-refractivity contribution in [2.24, 2.45) is 0 Å². The Morgan fingerprint density at radius 3 is 2.22 bits per heavy atom. The summed E-state index contributed by atoms with van der Waals surface area (Å²) >= 11 is 0. The fourth-order valence-electron chi connectivity index (χ4n) is 0.902. The van der Waals surface area contributed by atoms with E-state index in [0.717, 1.165) is 6.61 Å². The van der Waals surface area contributed by atoms with Crippen LogP contribution in [0.5, 0.6) is 0 Å². The Hall–Kier alpha value is -0.0831. The third-order valence-corrected chi connectivity index (χ3v) is 3.43. The van der Waals surface area contributed by atoms with E-state index in [4.69, 9.17) is 4.43 Å². The van der Waals surface area contributed by atoms with Crippen molar-refractivity contribution in [1.82, 2.24) is 0 Å². The normalized spacial score (nSPS) is 26.1. The van der Waals surface area contributed by atoms with Crippen LogP contribution in [0.1, 0.15) is 12.8 Å². The maximum atomic E-state index is 5.42. The maximum absolute atomic E-state index is 5.42. The predicted octanol–water partition coefficient (Wildman–Crippen LogP) is 1.95. The second-order valence-corrected chi connectivity index (χ2v) is 4.71. The van der Waals surface area contributed by atoms with Gasteiger partial charge in [0.25, 0.3) is 0 Å². The lowest BCUT2D eigenvalue weighted by Gasteiger charge is -2.16. The molecule has 1 rings (SSSR count). The van der Waals surface area contributed by atoms with Crippen molar-refractivity contribution < 1.29 is 4.43 Å². The highest BCUT2D eigenvalue weighted by Crippen LogP contribution is 2.09. The first-order valence-electron chi connectivity index (χ1n) is 3.51. The molecular weight excluding hydrogens is 128 g/mol. The molecule has 2 heteroatoms. The van der Waals surface area contributed by atoms with Crippen molar-refractivity contribution in [3.05, 3.63) is 13.2 Å². The van der Waals surface area contributed by atoms with Crippen LogP contribution in [0.2, 0.25) is 12.6 Å². The van der Waals surface area contributed by atoms with E-state index in [1.807, 2.05) is 0 Å². The summed E-state index contributed by atoms with van der Waals surface area (Å²) in [6.07, 6.45) is 2.73. The molecule has 1 aliphatic rings. The first kappa shape index (κ1) is 8.92. The van der Waals surface area contributed by atoms with E-state index >= 15 is 0 Å². The van der Waals surface area contributed by atoms with Gasteiger partial charge in [-0.25, -0.2) is 0 Å². The van der Waals surface area contributed by atoms with Crippen LogP contribution < -0.4 is 0 Å². The van der Waals surface area contributed by atoms with Crippen molar-refractivity contribution in [2.45, 2.75) is 25.4 Å². The summed E-state index contributed by atoms with van der Waals surface area (Å²) in [5.41, 5.74) is 0. The molecule has 0 N–H and O–H groups in total. The van der Waals surface area contributed by atoms with E-state index < -0.39 is 9.04 Å². The molecule has 0 bridgehead atoms. The van der Waals surface area contributed by atoms with Gasteiger partial charge in [-0.3, -0.25) is 0 Å².